The van der Waals surface area contributed by atoms with E-state index in [1.807, 2.05) is 0 Å². The van der Waals surface area contributed by atoms with Crippen molar-refractivity contribution in [2.24, 2.45) is 0 Å². The minimum atomic E-state index is -0.932. The minimum absolute atomic E-state index is 0. The summed E-state index contributed by atoms with van der Waals surface area (Å²) in [6.45, 7) is 0. The molecule has 0 aromatic heterocycles. The molecule has 0 bridgehead atoms. The molecule has 0 aliphatic heterocycles. The van der Waals surface area contributed by atoms with Gasteiger partial charge in [-0.2, -0.15) is 0 Å². The summed E-state index contributed by atoms with van der Waals surface area (Å²) in [5, 5.41) is 8.64. The van der Waals surface area contributed by atoms with Gasteiger partial charge in [0.05, 0.1) is 5.56 Å². The van der Waals surface area contributed by atoms with Crippen molar-refractivity contribution in [1.29, 1.82) is 0 Å². The molecule has 0 spiro atoms. The van der Waals surface area contributed by atoms with Gasteiger partial charge in [0.2, 0.25) is 0 Å². The molecule has 1 aromatic carbocycles. The van der Waals surface area contributed by atoms with E-state index >= 15 is 0 Å². The molecule has 0 aliphatic carbocycles. The fourth-order valence-electron chi connectivity index (χ4n) is 0.661. The largest absolute Gasteiger partial charge is 1.00 e. The maximum Gasteiger partial charge on any atom is 1.00 e. The Morgan fingerprint density at radius 2 is 2.00 bits per heavy atom. The summed E-state index contributed by atoms with van der Waals surface area (Å²) in [6.07, 6.45) is 0. The average molecular weight is 304 g/mol. The fraction of sp³-hybridized carbons (Fsp3) is 0. The number of carboxylic acids is 1. The van der Waals surface area contributed by atoms with E-state index in [-0.39, 0.29) is 36.5 Å². The summed E-state index contributed by atoms with van der Waals surface area (Å²) >= 11 is 6.31. The zero-order valence-corrected chi connectivity index (χ0v) is 11.5. The number of halogens is 2. The molecule has 0 atom stereocenters. The van der Waals surface area contributed by atoms with Crippen molar-refractivity contribution < 1.29 is 40.9 Å². The van der Waals surface area contributed by atoms with Crippen LogP contribution < -0.4 is 29.6 Å². The predicted molar refractivity (Wildman–Crippen MR) is 49.9 cm³/mol. The van der Waals surface area contributed by atoms with Crippen LogP contribution in [0.1, 0.15) is 11.8 Å². The van der Waals surface area contributed by atoms with E-state index in [0.717, 1.165) is 4.47 Å². The Labute approximate surface area is 110 Å². The molecule has 1 N–H and O–H groups in total. The fourth-order valence-corrected chi connectivity index (χ4v) is 1.44. The molecule has 0 aliphatic rings. The van der Waals surface area contributed by atoms with Crippen LogP contribution in [0.25, 0.3) is 0 Å². The van der Waals surface area contributed by atoms with Crippen LogP contribution in [-0.4, -0.2) is 11.1 Å². The molecule has 60 valence electrons. The minimum Gasteiger partial charge on any atom is -1.00 e. The van der Waals surface area contributed by atoms with Crippen LogP contribution in [0, 0.1) is 0 Å². The predicted octanol–water partition coefficient (Wildman–Crippen LogP) is 0.0263. The summed E-state index contributed by atoms with van der Waals surface area (Å²) < 4.78 is 1.35. The van der Waals surface area contributed by atoms with Gasteiger partial charge < -0.3 is 6.53 Å². The van der Waals surface area contributed by atoms with Crippen molar-refractivity contribution in [2.75, 3.05) is 0 Å². The van der Waals surface area contributed by atoms with E-state index in [9.17, 15) is 4.79 Å². The topological polar surface area (TPSA) is 37.3 Å². The third-order valence-corrected chi connectivity index (χ3v) is 2.34. The molecule has 5 heteroatoms. The van der Waals surface area contributed by atoms with Gasteiger partial charge >= 0.3 is 35.5 Å². The van der Waals surface area contributed by atoms with E-state index in [1.54, 1.807) is 18.2 Å². The monoisotopic (exact) mass is 302 g/mol. The van der Waals surface area contributed by atoms with E-state index in [0.29, 0.717) is 4.47 Å². The smallest absolute Gasteiger partial charge is 1.00 e. The molecule has 0 radical (unpaired) electrons. The normalized spacial score (nSPS) is 8.83. The van der Waals surface area contributed by atoms with Crippen LogP contribution in [0.2, 0.25) is 0 Å². The number of rotatable bonds is 1. The average Bonchev–Trinajstić information content (AvgIpc) is 1.94. The van der Waals surface area contributed by atoms with Crippen LogP contribution >= 0.6 is 31.9 Å². The van der Waals surface area contributed by atoms with Gasteiger partial charge in [-0.15, -0.1) is 0 Å². The Bertz CT molecular complexity index is 307. The molecular weight excluding hydrogens is 299 g/mol. The maximum absolute atomic E-state index is 10.5. The van der Waals surface area contributed by atoms with Crippen molar-refractivity contribution in [3.63, 3.8) is 0 Å². The van der Waals surface area contributed by atoms with Crippen molar-refractivity contribution in [2.45, 2.75) is 0 Å². The first-order valence-corrected chi connectivity index (χ1v) is 4.38. The third-order valence-electron chi connectivity index (χ3n) is 1.16. The Hall–Kier alpha value is 0.650. The van der Waals surface area contributed by atoms with Crippen molar-refractivity contribution in [1.82, 2.24) is 0 Å². The van der Waals surface area contributed by atoms with Crippen LogP contribution in [0.4, 0.5) is 0 Å². The molecule has 0 fully saturated rings. The molecule has 1 rings (SSSR count). The number of carboxylic acid groups (broad SMARTS) is 1. The summed E-state index contributed by atoms with van der Waals surface area (Å²) in [4.78, 5) is 10.5. The second-order valence-corrected chi connectivity index (χ2v) is 3.70. The van der Waals surface area contributed by atoms with Crippen LogP contribution in [0.3, 0.4) is 0 Å². The van der Waals surface area contributed by atoms with Gasteiger partial charge in [-0.3, -0.25) is 0 Å². The van der Waals surface area contributed by atoms with Crippen LogP contribution in [-0.2, 0) is 0 Å². The van der Waals surface area contributed by atoms with E-state index in [2.05, 4.69) is 31.9 Å². The Balaban J connectivity index is 0. The standard InChI is InChI=1S/C7H4Br2O2.Na.H/c8-4-1-2-6(9)5(3-4)7(10)11;;/h1-3H,(H,10,11);;/q;+1;-1. The third kappa shape index (κ3) is 3.18. The van der Waals surface area contributed by atoms with Gasteiger partial charge in [0.1, 0.15) is 0 Å². The van der Waals surface area contributed by atoms with Gasteiger partial charge in [-0.1, -0.05) is 15.9 Å². The van der Waals surface area contributed by atoms with Gasteiger partial charge in [-0.05, 0) is 34.1 Å². The zero-order chi connectivity index (χ0) is 8.43. The maximum atomic E-state index is 10.5. The number of hydrogen-bond acceptors (Lipinski definition) is 1. The Morgan fingerprint density at radius 3 is 2.42 bits per heavy atom. The summed E-state index contributed by atoms with van der Waals surface area (Å²) in [7, 11) is 0. The van der Waals surface area contributed by atoms with Crippen molar-refractivity contribution in [3.05, 3.63) is 32.7 Å². The van der Waals surface area contributed by atoms with Gasteiger partial charge in [0.25, 0.3) is 0 Å². The van der Waals surface area contributed by atoms with Gasteiger partial charge in [0.15, 0.2) is 0 Å². The molecule has 12 heavy (non-hydrogen) atoms. The van der Waals surface area contributed by atoms with Gasteiger partial charge in [-0.25, -0.2) is 4.79 Å². The van der Waals surface area contributed by atoms with Crippen LogP contribution in [0.5, 0.6) is 0 Å². The molecule has 1 aromatic rings. The number of carbonyl (C=O) groups is 1. The summed E-state index contributed by atoms with van der Waals surface area (Å²) in [5.41, 5.74) is 0.263. The molecule has 0 saturated carbocycles. The molecule has 0 heterocycles. The SMILES string of the molecule is O=C(O)c1cc(Br)ccc1Br.[H-].[Na+]. The molecule has 2 nitrogen and oxygen atoms in total. The molecular formula is C7H5Br2NaO2. The Kier molecular flexibility index (Phi) is 5.69. The number of benzene rings is 1. The zero-order valence-electron chi connectivity index (χ0n) is 7.34. The second kappa shape index (κ2) is 5.40. The number of aromatic carboxylic acids is 1. The van der Waals surface area contributed by atoms with Crippen molar-refractivity contribution >= 4 is 37.8 Å². The van der Waals surface area contributed by atoms with Crippen molar-refractivity contribution in [3.8, 4) is 0 Å². The second-order valence-electron chi connectivity index (χ2n) is 1.93. The first kappa shape index (κ1) is 12.7. The summed E-state index contributed by atoms with van der Waals surface area (Å²) in [5.74, 6) is -0.932. The van der Waals surface area contributed by atoms with Crippen LogP contribution in [0.15, 0.2) is 27.1 Å². The quantitative estimate of drug-likeness (QED) is 0.743. The first-order chi connectivity index (χ1) is 5.11. The molecule has 0 saturated heterocycles. The first-order valence-electron chi connectivity index (χ1n) is 2.79. The molecule has 0 amide bonds. The summed E-state index contributed by atoms with van der Waals surface area (Å²) in [6, 6.07) is 5.01. The Morgan fingerprint density at radius 1 is 1.42 bits per heavy atom. The number of hydrogen-bond donors (Lipinski definition) is 1. The van der Waals surface area contributed by atoms with E-state index in [4.69, 9.17) is 5.11 Å². The van der Waals surface area contributed by atoms with Gasteiger partial charge in [0, 0.05) is 8.95 Å². The van der Waals surface area contributed by atoms with E-state index in [1.165, 1.54) is 0 Å². The van der Waals surface area contributed by atoms with E-state index < -0.39 is 5.97 Å². The molecule has 0 unspecified atom stereocenters.